The minimum atomic E-state index is -0.566. The van der Waals surface area contributed by atoms with Gasteiger partial charge in [0.25, 0.3) is 11.6 Å². The lowest BCUT2D eigenvalue weighted by Crippen LogP contribution is -2.13. The molecular formula is C18H13ClN6O3S. The van der Waals surface area contributed by atoms with Gasteiger partial charge in [0, 0.05) is 23.4 Å². The van der Waals surface area contributed by atoms with Crippen LogP contribution in [0.5, 0.6) is 0 Å². The molecule has 146 valence electrons. The predicted octanol–water partition coefficient (Wildman–Crippen LogP) is 4.28. The van der Waals surface area contributed by atoms with Gasteiger partial charge in [-0.3, -0.25) is 14.9 Å². The van der Waals surface area contributed by atoms with Crippen molar-refractivity contribution in [3.63, 3.8) is 0 Å². The Kier molecular flexibility index (Phi) is 4.73. The van der Waals surface area contributed by atoms with Crippen molar-refractivity contribution in [2.24, 2.45) is 0 Å². The van der Waals surface area contributed by atoms with Gasteiger partial charge in [-0.05, 0) is 43.7 Å². The number of hydrogen-bond donors (Lipinski definition) is 1. The molecular weight excluding hydrogens is 416 g/mol. The molecule has 0 unspecified atom stereocenters. The van der Waals surface area contributed by atoms with Crippen LogP contribution in [0.4, 0.5) is 11.4 Å². The summed E-state index contributed by atoms with van der Waals surface area (Å²) < 4.78 is 1.68. The van der Waals surface area contributed by atoms with Gasteiger partial charge in [-0.2, -0.15) is 9.61 Å². The van der Waals surface area contributed by atoms with E-state index in [-0.39, 0.29) is 16.3 Å². The first-order valence-electron chi connectivity index (χ1n) is 8.38. The maximum absolute atomic E-state index is 12.5. The van der Waals surface area contributed by atoms with Gasteiger partial charge in [0.2, 0.25) is 4.96 Å². The third kappa shape index (κ3) is 3.55. The number of halogens is 1. The number of rotatable bonds is 4. The van der Waals surface area contributed by atoms with Crippen LogP contribution in [0, 0.1) is 24.0 Å². The standard InChI is InChI=1S/C18H13ClN6O3S/c1-9-7-11(17-23-24-10(2)21-22-18(24)29-17)3-6-15(9)20-16(26)13-5-4-12(25(27)28)8-14(13)19/h3-8H,1-2H3,(H,20,26). The number of aryl methyl sites for hydroxylation is 2. The monoisotopic (exact) mass is 428 g/mol. The topological polar surface area (TPSA) is 115 Å². The van der Waals surface area contributed by atoms with E-state index < -0.39 is 10.8 Å². The quantitative estimate of drug-likeness (QED) is 0.383. The Labute approximate surface area is 173 Å². The zero-order valence-electron chi connectivity index (χ0n) is 15.2. The average Bonchev–Trinajstić information content (AvgIpc) is 3.25. The van der Waals surface area contributed by atoms with Crippen LogP contribution in [0.3, 0.4) is 0 Å². The molecule has 4 rings (SSSR count). The number of carbonyl (C=O) groups excluding carboxylic acids is 1. The Morgan fingerprint density at radius 2 is 2.00 bits per heavy atom. The van der Waals surface area contributed by atoms with Crippen molar-refractivity contribution in [1.29, 1.82) is 0 Å². The third-order valence-corrected chi connectivity index (χ3v) is 5.54. The third-order valence-electron chi connectivity index (χ3n) is 4.28. The molecule has 0 radical (unpaired) electrons. The van der Waals surface area contributed by atoms with E-state index >= 15 is 0 Å². The smallest absolute Gasteiger partial charge is 0.270 e. The highest BCUT2D eigenvalue weighted by molar-refractivity contribution is 7.19. The summed E-state index contributed by atoms with van der Waals surface area (Å²) in [5, 5.41) is 26.9. The highest BCUT2D eigenvalue weighted by atomic mass is 35.5. The number of carbonyl (C=O) groups is 1. The summed E-state index contributed by atoms with van der Waals surface area (Å²) in [6.07, 6.45) is 0. The molecule has 1 N–H and O–H groups in total. The van der Waals surface area contributed by atoms with E-state index in [1.807, 2.05) is 26.0 Å². The van der Waals surface area contributed by atoms with Crippen molar-refractivity contribution in [3.8, 4) is 10.6 Å². The number of benzene rings is 2. The first kappa shape index (κ1) is 19.0. The summed E-state index contributed by atoms with van der Waals surface area (Å²) in [4.78, 5) is 23.5. The van der Waals surface area contributed by atoms with Crippen LogP contribution in [0.2, 0.25) is 5.02 Å². The molecule has 4 aromatic rings. The normalized spacial score (nSPS) is 11.0. The van der Waals surface area contributed by atoms with Gasteiger partial charge in [-0.1, -0.05) is 22.9 Å². The molecule has 11 heteroatoms. The lowest BCUT2D eigenvalue weighted by atomic mass is 10.1. The van der Waals surface area contributed by atoms with Crippen LogP contribution in [-0.2, 0) is 0 Å². The number of anilines is 1. The Hall–Kier alpha value is -3.37. The van der Waals surface area contributed by atoms with Crippen molar-refractivity contribution in [2.45, 2.75) is 13.8 Å². The Bertz CT molecular complexity index is 1280. The van der Waals surface area contributed by atoms with Crippen LogP contribution in [0.1, 0.15) is 21.7 Å². The molecule has 0 bridgehead atoms. The number of aromatic nitrogens is 4. The molecule has 0 aliphatic rings. The fraction of sp³-hybridized carbons (Fsp3) is 0.111. The fourth-order valence-electron chi connectivity index (χ4n) is 2.76. The number of nitrogens with zero attached hydrogens (tertiary/aromatic N) is 5. The summed E-state index contributed by atoms with van der Waals surface area (Å²) in [6, 6.07) is 9.27. The summed E-state index contributed by atoms with van der Waals surface area (Å²) in [5.74, 6) is 0.262. The number of nitro groups is 1. The molecule has 0 saturated carbocycles. The summed E-state index contributed by atoms with van der Waals surface area (Å²) in [7, 11) is 0. The van der Waals surface area contributed by atoms with Gasteiger partial charge in [0.15, 0.2) is 5.82 Å². The second-order valence-electron chi connectivity index (χ2n) is 6.25. The van der Waals surface area contributed by atoms with Gasteiger partial charge in [0.05, 0.1) is 15.5 Å². The fourth-order valence-corrected chi connectivity index (χ4v) is 3.90. The Morgan fingerprint density at radius 3 is 2.66 bits per heavy atom. The van der Waals surface area contributed by atoms with Crippen LogP contribution in [0.15, 0.2) is 36.4 Å². The van der Waals surface area contributed by atoms with E-state index in [0.29, 0.717) is 16.5 Å². The van der Waals surface area contributed by atoms with Crippen LogP contribution >= 0.6 is 22.9 Å². The molecule has 0 atom stereocenters. The number of non-ortho nitro benzene ring substituents is 1. The van der Waals surface area contributed by atoms with Crippen LogP contribution < -0.4 is 5.32 Å². The molecule has 0 aliphatic heterocycles. The van der Waals surface area contributed by atoms with Gasteiger partial charge in [-0.15, -0.1) is 10.2 Å². The van der Waals surface area contributed by atoms with Crippen molar-refractivity contribution in [2.75, 3.05) is 5.32 Å². The molecule has 0 spiro atoms. The summed E-state index contributed by atoms with van der Waals surface area (Å²) in [5.41, 5.74) is 2.31. The molecule has 0 fully saturated rings. The highest BCUT2D eigenvalue weighted by Crippen LogP contribution is 2.29. The zero-order valence-corrected chi connectivity index (χ0v) is 16.8. The maximum Gasteiger partial charge on any atom is 0.270 e. The van der Waals surface area contributed by atoms with Crippen LogP contribution in [0.25, 0.3) is 15.5 Å². The van der Waals surface area contributed by atoms with Gasteiger partial charge < -0.3 is 5.32 Å². The van der Waals surface area contributed by atoms with E-state index in [2.05, 4.69) is 20.6 Å². The SMILES string of the molecule is Cc1cc(-c2nn3c(C)nnc3s2)ccc1NC(=O)c1ccc([N+](=O)[O-])cc1Cl. The van der Waals surface area contributed by atoms with Crippen molar-refractivity contribution >= 4 is 45.2 Å². The first-order valence-corrected chi connectivity index (χ1v) is 9.58. The molecule has 0 aliphatic carbocycles. The van der Waals surface area contributed by atoms with E-state index in [4.69, 9.17) is 11.6 Å². The molecule has 9 nitrogen and oxygen atoms in total. The lowest BCUT2D eigenvalue weighted by Gasteiger charge is -2.10. The molecule has 2 aromatic heterocycles. The molecule has 29 heavy (non-hydrogen) atoms. The number of hydrogen-bond acceptors (Lipinski definition) is 7. The van der Waals surface area contributed by atoms with Gasteiger partial charge in [-0.25, -0.2) is 0 Å². The second-order valence-corrected chi connectivity index (χ2v) is 7.62. The Balaban J connectivity index is 1.58. The van der Waals surface area contributed by atoms with E-state index in [9.17, 15) is 14.9 Å². The van der Waals surface area contributed by atoms with Crippen molar-refractivity contribution in [1.82, 2.24) is 19.8 Å². The summed E-state index contributed by atoms with van der Waals surface area (Å²) in [6.45, 7) is 3.69. The zero-order chi connectivity index (χ0) is 20.7. The minimum Gasteiger partial charge on any atom is -0.322 e. The number of amides is 1. The highest BCUT2D eigenvalue weighted by Gasteiger charge is 2.17. The van der Waals surface area contributed by atoms with Crippen LogP contribution in [-0.4, -0.2) is 30.6 Å². The lowest BCUT2D eigenvalue weighted by molar-refractivity contribution is -0.384. The number of fused-ring (bicyclic) bond motifs is 1. The largest absolute Gasteiger partial charge is 0.322 e. The van der Waals surface area contributed by atoms with E-state index in [1.165, 1.54) is 23.5 Å². The second kappa shape index (κ2) is 7.22. The Morgan fingerprint density at radius 1 is 1.21 bits per heavy atom. The van der Waals surface area contributed by atoms with E-state index in [0.717, 1.165) is 22.2 Å². The average molecular weight is 429 g/mol. The first-order chi connectivity index (χ1) is 13.8. The number of nitrogens with one attached hydrogen (secondary N) is 1. The molecule has 2 heterocycles. The molecule has 0 saturated heterocycles. The minimum absolute atomic E-state index is 0.0149. The van der Waals surface area contributed by atoms with Gasteiger partial charge >= 0.3 is 0 Å². The van der Waals surface area contributed by atoms with Gasteiger partial charge in [0.1, 0.15) is 5.01 Å². The molecule has 2 aromatic carbocycles. The number of nitro benzene ring substituents is 1. The van der Waals surface area contributed by atoms with Crippen molar-refractivity contribution in [3.05, 3.63) is 68.5 Å². The van der Waals surface area contributed by atoms with E-state index in [1.54, 1.807) is 10.6 Å². The molecule has 1 amide bonds. The predicted molar refractivity (Wildman–Crippen MR) is 110 cm³/mol. The summed E-state index contributed by atoms with van der Waals surface area (Å²) >= 11 is 7.46. The maximum atomic E-state index is 12.5. The van der Waals surface area contributed by atoms with Crippen molar-refractivity contribution < 1.29 is 9.72 Å².